The van der Waals surface area contributed by atoms with E-state index in [1.54, 1.807) is 7.05 Å². The van der Waals surface area contributed by atoms with Crippen molar-refractivity contribution >= 4 is 5.91 Å². The number of hydrogen-bond donors (Lipinski definition) is 2. The number of benzene rings is 1. The first-order valence-electron chi connectivity index (χ1n) is 6.36. The minimum absolute atomic E-state index is 0.0465. The summed E-state index contributed by atoms with van der Waals surface area (Å²) in [6, 6.07) is 6.68. The molecule has 92 valence electrons. The van der Waals surface area contributed by atoms with Crippen molar-refractivity contribution in [2.24, 2.45) is 0 Å². The molecule has 0 aromatic heterocycles. The molecule has 2 rings (SSSR count). The SMILES string of the molecule is CNNC(=O)CCc1ccc2c(c1)CCCC2. The summed E-state index contributed by atoms with van der Waals surface area (Å²) in [6.45, 7) is 0. The number of hydrogen-bond acceptors (Lipinski definition) is 2. The van der Waals surface area contributed by atoms with Crippen LogP contribution in [-0.2, 0) is 24.1 Å². The average molecular weight is 232 g/mol. The molecule has 0 radical (unpaired) electrons. The number of hydrazine groups is 1. The van der Waals surface area contributed by atoms with Crippen molar-refractivity contribution in [3.8, 4) is 0 Å². The number of carbonyl (C=O) groups excluding carboxylic acids is 1. The zero-order valence-corrected chi connectivity index (χ0v) is 10.4. The van der Waals surface area contributed by atoms with Crippen molar-refractivity contribution in [1.29, 1.82) is 0 Å². The van der Waals surface area contributed by atoms with Crippen LogP contribution < -0.4 is 10.9 Å². The molecule has 0 atom stereocenters. The van der Waals surface area contributed by atoms with E-state index in [1.807, 2.05) is 0 Å². The Morgan fingerprint density at radius 3 is 2.76 bits per heavy atom. The third-order valence-corrected chi connectivity index (χ3v) is 3.32. The lowest BCUT2D eigenvalue weighted by Gasteiger charge is -2.16. The molecular weight excluding hydrogens is 212 g/mol. The first-order valence-corrected chi connectivity index (χ1v) is 6.36. The maximum atomic E-state index is 11.3. The van der Waals surface area contributed by atoms with E-state index in [1.165, 1.54) is 42.4 Å². The molecule has 0 unspecified atom stereocenters. The van der Waals surface area contributed by atoms with Crippen molar-refractivity contribution < 1.29 is 4.79 Å². The highest BCUT2D eigenvalue weighted by atomic mass is 16.2. The number of amides is 1. The highest BCUT2D eigenvalue weighted by molar-refractivity contribution is 5.75. The summed E-state index contributed by atoms with van der Waals surface area (Å²) >= 11 is 0. The van der Waals surface area contributed by atoms with Crippen LogP contribution in [0.3, 0.4) is 0 Å². The Balaban J connectivity index is 1.95. The van der Waals surface area contributed by atoms with E-state index in [4.69, 9.17) is 0 Å². The van der Waals surface area contributed by atoms with E-state index >= 15 is 0 Å². The van der Waals surface area contributed by atoms with Crippen LogP contribution in [0.15, 0.2) is 18.2 Å². The van der Waals surface area contributed by atoms with E-state index in [0.717, 1.165) is 6.42 Å². The summed E-state index contributed by atoms with van der Waals surface area (Å²) in [5.74, 6) is 0.0465. The fourth-order valence-corrected chi connectivity index (χ4v) is 2.40. The Morgan fingerprint density at radius 2 is 2.00 bits per heavy atom. The lowest BCUT2D eigenvalue weighted by atomic mass is 9.90. The van der Waals surface area contributed by atoms with Crippen LogP contribution in [0.25, 0.3) is 0 Å². The van der Waals surface area contributed by atoms with Gasteiger partial charge in [0.25, 0.3) is 0 Å². The van der Waals surface area contributed by atoms with Gasteiger partial charge < -0.3 is 0 Å². The normalized spacial score (nSPS) is 14.2. The Labute approximate surface area is 103 Å². The number of carbonyl (C=O) groups is 1. The summed E-state index contributed by atoms with van der Waals surface area (Å²) in [6.07, 6.45) is 6.40. The van der Waals surface area contributed by atoms with Gasteiger partial charge in [0.15, 0.2) is 0 Å². The lowest BCUT2D eigenvalue weighted by Crippen LogP contribution is -2.34. The smallest absolute Gasteiger partial charge is 0.234 e. The largest absolute Gasteiger partial charge is 0.292 e. The lowest BCUT2D eigenvalue weighted by molar-refractivity contribution is -0.121. The van der Waals surface area contributed by atoms with E-state index < -0.39 is 0 Å². The molecule has 3 heteroatoms. The molecule has 0 heterocycles. The van der Waals surface area contributed by atoms with Crippen molar-refractivity contribution in [1.82, 2.24) is 10.9 Å². The van der Waals surface area contributed by atoms with Crippen LogP contribution in [0, 0.1) is 0 Å². The Hall–Kier alpha value is -1.35. The van der Waals surface area contributed by atoms with E-state index in [0.29, 0.717) is 6.42 Å². The fraction of sp³-hybridized carbons (Fsp3) is 0.500. The van der Waals surface area contributed by atoms with Crippen molar-refractivity contribution in [3.63, 3.8) is 0 Å². The molecule has 1 aromatic carbocycles. The third kappa shape index (κ3) is 3.30. The van der Waals surface area contributed by atoms with Crippen LogP contribution in [0.4, 0.5) is 0 Å². The van der Waals surface area contributed by atoms with Gasteiger partial charge in [-0.1, -0.05) is 18.2 Å². The predicted octanol–water partition coefficient (Wildman–Crippen LogP) is 1.75. The second-order valence-corrected chi connectivity index (χ2v) is 4.61. The maximum Gasteiger partial charge on any atom is 0.234 e. The quantitative estimate of drug-likeness (QED) is 0.777. The molecule has 2 N–H and O–H groups in total. The molecule has 0 aliphatic heterocycles. The zero-order valence-electron chi connectivity index (χ0n) is 10.4. The monoisotopic (exact) mass is 232 g/mol. The topological polar surface area (TPSA) is 41.1 Å². The highest BCUT2D eigenvalue weighted by Gasteiger charge is 2.09. The van der Waals surface area contributed by atoms with Crippen molar-refractivity contribution in [2.45, 2.75) is 38.5 Å². The van der Waals surface area contributed by atoms with E-state index in [2.05, 4.69) is 29.1 Å². The molecule has 0 spiro atoms. The molecule has 0 saturated carbocycles. The van der Waals surface area contributed by atoms with Crippen LogP contribution in [-0.4, -0.2) is 13.0 Å². The van der Waals surface area contributed by atoms with Crippen LogP contribution in [0.1, 0.15) is 36.0 Å². The number of aryl methyl sites for hydroxylation is 3. The van der Waals surface area contributed by atoms with Gasteiger partial charge in [-0.05, 0) is 48.8 Å². The second kappa shape index (κ2) is 5.82. The standard InChI is InChI=1S/C14H20N2O/c1-15-16-14(17)9-7-11-6-8-12-4-2-3-5-13(12)10-11/h6,8,10,15H,2-5,7,9H2,1H3,(H,16,17). The average Bonchev–Trinajstić information content (AvgIpc) is 2.36. The number of fused-ring (bicyclic) bond motifs is 1. The first kappa shape index (κ1) is 12.1. The second-order valence-electron chi connectivity index (χ2n) is 4.61. The molecule has 0 saturated heterocycles. The Morgan fingerprint density at radius 1 is 1.24 bits per heavy atom. The van der Waals surface area contributed by atoms with Gasteiger partial charge in [0.05, 0.1) is 0 Å². The molecule has 1 aromatic rings. The Bertz CT molecular complexity index is 401. The molecule has 1 aliphatic carbocycles. The van der Waals surface area contributed by atoms with Crippen LogP contribution in [0.5, 0.6) is 0 Å². The van der Waals surface area contributed by atoms with Crippen LogP contribution in [0.2, 0.25) is 0 Å². The minimum atomic E-state index is 0.0465. The highest BCUT2D eigenvalue weighted by Crippen LogP contribution is 2.22. The zero-order chi connectivity index (χ0) is 12.1. The van der Waals surface area contributed by atoms with Gasteiger partial charge in [-0.3, -0.25) is 10.2 Å². The van der Waals surface area contributed by atoms with Gasteiger partial charge in [-0.2, -0.15) is 0 Å². The first-order chi connectivity index (χ1) is 8.29. The van der Waals surface area contributed by atoms with Gasteiger partial charge in [0.1, 0.15) is 0 Å². The van der Waals surface area contributed by atoms with Gasteiger partial charge in [0, 0.05) is 13.5 Å². The third-order valence-electron chi connectivity index (χ3n) is 3.32. The molecule has 1 aliphatic rings. The molecule has 3 nitrogen and oxygen atoms in total. The molecular formula is C14H20N2O. The molecule has 17 heavy (non-hydrogen) atoms. The Kier molecular flexibility index (Phi) is 4.15. The van der Waals surface area contributed by atoms with E-state index in [-0.39, 0.29) is 5.91 Å². The summed E-state index contributed by atoms with van der Waals surface area (Å²) in [4.78, 5) is 11.3. The fourth-order valence-electron chi connectivity index (χ4n) is 2.40. The summed E-state index contributed by atoms with van der Waals surface area (Å²) in [5.41, 5.74) is 9.51. The van der Waals surface area contributed by atoms with Gasteiger partial charge in [-0.25, -0.2) is 5.43 Å². The van der Waals surface area contributed by atoms with Crippen LogP contribution >= 0.6 is 0 Å². The minimum Gasteiger partial charge on any atom is -0.292 e. The molecule has 1 amide bonds. The van der Waals surface area contributed by atoms with E-state index in [9.17, 15) is 4.79 Å². The summed E-state index contributed by atoms with van der Waals surface area (Å²) in [5, 5.41) is 0. The molecule has 0 fully saturated rings. The summed E-state index contributed by atoms with van der Waals surface area (Å²) in [7, 11) is 1.71. The summed E-state index contributed by atoms with van der Waals surface area (Å²) < 4.78 is 0. The number of nitrogens with one attached hydrogen (secondary N) is 2. The predicted molar refractivity (Wildman–Crippen MR) is 68.6 cm³/mol. The van der Waals surface area contributed by atoms with Crippen molar-refractivity contribution in [3.05, 3.63) is 34.9 Å². The van der Waals surface area contributed by atoms with Crippen molar-refractivity contribution in [2.75, 3.05) is 7.05 Å². The number of rotatable bonds is 4. The van der Waals surface area contributed by atoms with Gasteiger partial charge in [-0.15, -0.1) is 0 Å². The maximum absolute atomic E-state index is 11.3. The van der Waals surface area contributed by atoms with Gasteiger partial charge in [0.2, 0.25) is 5.91 Å². The molecule has 0 bridgehead atoms. The van der Waals surface area contributed by atoms with Gasteiger partial charge >= 0.3 is 0 Å².